The first-order chi connectivity index (χ1) is 10.9. The lowest BCUT2D eigenvalue weighted by Gasteiger charge is -2.15. The summed E-state index contributed by atoms with van der Waals surface area (Å²) in [4.78, 5) is -0.0117. The summed E-state index contributed by atoms with van der Waals surface area (Å²) in [5.74, 6) is -0.687. The van der Waals surface area contributed by atoms with E-state index in [1.165, 1.54) is 19.2 Å². The van der Waals surface area contributed by atoms with Crippen molar-refractivity contribution in [3.63, 3.8) is 0 Å². The molecule has 0 heterocycles. The van der Waals surface area contributed by atoms with Crippen molar-refractivity contribution in [1.29, 1.82) is 0 Å². The van der Waals surface area contributed by atoms with E-state index >= 15 is 0 Å². The highest BCUT2D eigenvalue weighted by Crippen LogP contribution is 2.21. The fourth-order valence-electron chi connectivity index (χ4n) is 2.23. The van der Waals surface area contributed by atoms with Gasteiger partial charge in [-0.3, -0.25) is 0 Å². The van der Waals surface area contributed by atoms with Gasteiger partial charge in [0.15, 0.2) is 11.6 Å². The molecule has 2 aromatic carbocycles. The monoisotopic (exact) mass is 337 g/mol. The molecular formula is C17H20FNO3S. The third kappa shape index (κ3) is 4.77. The SMILES string of the molecule is COc1cc(S(=O)(=O)N[C@H](C)CCc2ccccc2)ccc1F. The second kappa shape index (κ2) is 7.57. The average molecular weight is 337 g/mol. The van der Waals surface area contributed by atoms with E-state index in [0.717, 1.165) is 18.1 Å². The lowest BCUT2D eigenvalue weighted by atomic mass is 10.1. The van der Waals surface area contributed by atoms with Gasteiger partial charge in [0.05, 0.1) is 12.0 Å². The number of benzene rings is 2. The van der Waals surface area contributed by atoms with Crippen molar-refractivity contribution < 1.29 is 17.5 Å². The van der Waals surface area contributed by atoms with E-state index in [2.05, 4.69) is 4.72 Å². The van der Waals surface area contributed by atoms with Crippen molar-refractivity contribution in [1.82, 2.24) is 4.72 Å². The number of rotatable bonds is 7. The van der Waals surface area contributed by atoms with Gasteiger partial charge in [-0.2, -0.15) is 0 Å². The first kappa shape index (κ1) is 17.4. The number of nitrogens with one attached hydrogen (secondary N) is 1. The number of halogens is 1. The third-order valence-electron chi connectivity index (χ3n) is 3.50. The maximum atomic E-state index is 13.4. The van der Waals surface area contributed by atoms with Crippen molar-refractivity contribution in [2.45, 2.75) is 30.7 Å². The molecule has 0 aliphatic rings. The lowest BCUT2D eigenvalue weighted by Crippen LogP contribution is -2.33. The van der Waals surface area contributed by atoms with Crippen LogP contribution in [-0.4, -0.2) is 21.6 Å². The summed E-state index contributed by atoms with van der Waals surface area (Å²) in [6.07, 6.45) is 1.44. The van der Waals surface area contributed by atoms with E-state index in [1.54, 1.807) is 6.92 Å². The van der Waals surface area contributed by atoms with E-state index in [4.69, 9.17) is 4.74 Å². The highest BCUT2D eigenvalue weighted by atomic mass is 32.2. The van der Waals surface area contributed by atoms with Gasteiger partial charge in [-0.15, -0.1) is 0 Å². The van der Waals surface area contributed by atoms with E-state index in [-0.39, 0.29) is 16.7 Å². The predicted octanol–water partition coefficient (Wildman–Crippen LogP) is 3.13. The molecule has 0 bridgehead atoms. The van der Waals surface area contributed by atoms with Crippen LogP contribution in [0, 0.1) is 5.82 Å². The summed E-state index contributed by atoms with van der Waals surface area (Å²) in [6, 6.07) is 13.1. The zero-order valence-corrected chi connectivity index (χ0v) is 13.9. The molecule has 0 saturated heterocycles. The molecule has 0 aliphatic carbocycles. The largest absolute Gasteiger partial charge is 0.494 e. The quantitative estimate of drug-likeness (QED) is 0.844. The Morgan fingerprint density at radius 3 is 2.52 bits per heavy atom. The Balaban J connectivity index is 2.02. The molecule has 2 aromatic rings. The van der Waals surface area contributed by atoms with Gasteiger partial charge in [-0.25, -0.2) is 17.5 Å². The van der Waals surface area contributed by atoms with Crippen LogP contribution in [0.5, 0.6) is 5.75 Å². The minimum atomic E-state index is -3.71. The van der Waals surface area contributed by atoms with E-state index in [9.17, 15) is 12.8 Å². The molecule has 6 heteroatoms. The Labute approximate surface area is 136 Å². The van der Waals surface area contributed by atoms with Gasteiger partial charge in [0.2, 0.25) is 10.0 Å². The number of hydrogen-bond donors (Lipinski definition) is 1. The first-order valence-corrected chi connectivity index (χ1v) is 8.80. The smallest absolute Gasteiger partial charge is 0.240 e. The number of methoxy groups -OCH3 is 1. The van der Waals surface area contributed by atoms with Crippen LogP contribution in [-0.2, 0) is 16.4 Å². The molecule has 1 atom stereocenters. The average Bonchev–Trinajstić information content (AvgIpc) is 2.54. The molecule has 0 amide bonds. The van der Waals surface area contributed by atoms with Gasteiger partial charge in [0, 0.05) is 12.1 Å². The number of ether oxygens (including phenoxy) is 1. The standard InChI is InChI=1S/C17H20FNO3S/c1-13(8-9-14-6-4-3-5-7-14)19-23(20,21)15-10-11-16(18)17(12-15)22-2/h3-7,10-13,19H,8-9H2,1-2H3/t13-/m1/s1. The predicted molar refractivity (Wildman–Crippen MR) is 87.5 cm³/mol. The summed E-state index contributed by atoms with van der Waals surface area (Å²) in [5, 5.41) is 0. The fourth-order valence-corrected chi connectivity index (χ4v) is 3.52. The molecule has 2 rings (SSSR count). The Bertz CT molecular complexity index is 748. The molecule has 0 radical (unpaired) electrons. The zero-order valence-electron chi connectivity index (χ0n) is 13.1. The molecule has 0 saturated carbocycles. The molecule has 0 aliphatic heterocycles. The minimum Gasteiger partial charge on any atom is -0.494 e. The summed E-state index contributed by atoms with van der Waals surface area (Å²) in [6.45, 7) is 1.81. The lowest BCUT2D eigenvalue weighted by molar-refractivity contribution is 0.385. The highest BCUT2D eigenvalue weighted by Gasteiger charge is 2.19. The maximum absolute atomic E-state index is 13.4. The van der Waals surface area contributed by atoms with Gasteiger partial charge >= 0.3 is 0 Å². The van der Waals surface area contributed by atoms with Gasteiger partial charge in [0.25, 0.3) is 0 Å². The van der Waals surface area contributed by atoms with E-state index < -0.39 is 15.8 Å². The fraction of sp³-hybridized carbons (Fsp3) is 0.294. The van der Waals surface area contributed by atoms with Crippen molar-refractivity contribution in [2.24, 2.45) is 0 Å². The van der Waals surface area contributed by atoms with Crippen molar-refractivity contribution in [3.05, 3.63) is 59.9 Å². The molecule has 4 nitrogen and oxygen atoms in total. The number of aryl methyl sites for hydroxylation is 1. The van der Waals surface area contributed by atoms with Gasteiger partial charge in [0.1, 0.15) is 0 Å². The van der Waals surface area contributed by atoms with Gasteiger partial charge in [-0.05, 0) is 37.5 Å². The van der Waals surface area contributed by atoms with Crippen LogP contribution in [0.2, 0.25) is 0 Å². The summed E-state index contributed by atoms with van der Waals surface area (Å²) >= 11 is 0. The summed E-state index contributed by atoms with van der Waals surface area (Å²) < 4.78 is 45.5. The Morgan fingerprint density at radius 1 is 1.17 bits per heavy atom. The topological polar surface area (TPSA) is 55.4 Å². The van der Waals surface area contributed by atoms with Crippen LogP contribution >= 0.6 is 0 Å². The third-order valence-corrected chi connectivity index (χ3v) is 5.09. The second-order valence-electron chi connectivity index (χ2n) is 5.34. The van der Waals surface area contributed by atoms with E-state index in [0.29, 0.717) is 6.42 Å². The molecular weight excluding hydrogens is 317 g/mol. The molecule has 0 spiro atoms. The van der Waals surface area contributed by atoms with Crippen LogP contribution in [0.4, 0.5) is 4.39 Å². The normalized spacial score (nSPS) is 12.8. The minimum absolute atomic E-state index is 0.0117. The molecule has 0 fully saturated rings. The van der Waals surface area contributed by atoms with Crippen LogP contribution in [0.3, 0.4) is 0 Å². The molecule has 0 aromatic heterocycles. The maximum Gasteiger partial charge on any atom is 0.240 e. The Morgan fingerprint density at radius 2 is 1.87 bits per heavy atom. The van der Waals surface area contributed by atoms with Crippen molar-refractivity contribution >= 4 is 10.0 Å². The van der Waals surface area contributed by atoms with Gasteiger partial charge < -0.3 is 4.74 Å². The second-order valence-corrected chi connectivity index (χ2v) is 7.06. The van der Waals surface area contributed by atoms with Crippen LogP contribution < -0.4 is 9.46 Å². The van der Waals surface area contributed by atoms with Crippen LogP contribution in [0.1, 0.15) is 18.9 Å². The van der Waals surface area contributed by atoms with E-state index in [1.807, 2.05) is 30.3 Å². The molecule has 1 N–H and O–H groups in total. The van der Waals surface area contributed by atoms with Crippen molar-refractivity contribution in [3.8, 4) is 5.75 Å². The first-order valence-electron chi connectivity index (χ1n) is 7.32. The molecule has 0 unspecified atom stereocenters. The number of sulfonamides is 1. The molecule has 23 heavy (non-hydrogen) atoms. The zero-order chi connectivity index (χ0) is 16.9. The summed E-state index contributed by atoms with van der Waals surface area (Å²) in [5.41, 5.74) is 1.15. The number of hydrogen-bond acceptors (Lipinski definition) is 3. The summed E-state index contributed by atoms with van der Waals surface area (Å²) in [7, 11) is -2.41. The molecule has 124 valence electrons. The van der Waals surface area contributed by atoms with Crippen LogP contribution in [0.25, 0.3) is 0 Å². The van der Waals surface area contributed by atoms with Crippen molar-refractivity contribution in [2.75, 3.05) is 7.11 Å². The Kier molecular flexibility index (Phi) is 5.74. The van der Waals surface area contributed by atoms with Crippen LogP contribution in [0.15, 0.2) is 53.4 Å². The highest BCUT2D eigenvalue weighted by molar-refractivity contribution is 7.89. The van der Waals surface area contributed by atoms with Gasteiger partial charge in [-0.1, -0.05) is 30.3 Å². The Hall–Kier alpha value is -1.92.